The molecule has 0 fully saturated rings. The van der Waals surface area contributed by atoms with Gasteiger partial charge in [0.05, 0.1) is 0 Å². The molecular weight excluding hydrogens is 419 g/mol. The number of para-hydroxylation sites is 2. The summed E-state index contributed by atoms with van der Waals surface area (Å²) in [6, 6.07) is 20.1. The monoisotopic (exact) mass is 436 g/mol. The van der Waals surface area contributed by atoms with Crippen LogP contribution in [0.3, 0.4) is 0 Å². The van der Waals surface area contributed by atoms with E-state index in [1.165, 1.54) is 0 Å². The van der Waals surface area contributed by atoms with E-state index in [0.29, 0.717) is 0 Å². The number of fused-ring (bicyclic) bond motifs is 2. The van der Waals surface area contributed by atoms with Crippen molar-refractivity contribution in [2.75, 3.05) is 0 Å². The van der Waals surface area contributed by atoms with Gasteiger partial charge in [-0.15, -0.1) is 0 Å². The molecule has 122 valence electrons. The Morgan fingerprint density at radius 3 is 1.60 bits per heavy atom. The third-order valence-electron chi connectivity index (χ3n) is 3.95. The van der Waals surface area contributed by atoms with Crippen molar-refractivity contribution in [1.29, 1.82) is 0 Å². The minimum atomic E-state index is -1.57. The van der Waals surface area contributed by atoms with Crippen LogP contribution in [0.15, 0.2) is 60.7 Å². The maximum absolute atomic E-state index is 6.01. The molecule has 0 atom stereocenters. The Bertz CT molecular complexity index is 981. The van der Waals surface area contributed by atoms with Crippen LogP contribution in [0.2, 0.25) is 0 Å². The molecule has 0 unspecified atom stereocenters. The van der Waals surface area contributed by atoms with Gasteiger partial charge in [0, 0.05) is 0 Å². The third-order valence-corrected chi connectivity index (χ3v) is 5.68. The van der Waals surface area contributed by atoms with Crippen LogP contribution in [0.1, 0.15) is 11.4 Å². The Morgan fingerprint density at radius 1 is 0.640 bits per heavy atom. The second-order valence-electron chi connectivity index (χ2n) is 5.85. The van der Waals surface area contributed by atoms with Gasteiger partial charge in [-0.05, 0) is 0 Å². The predicted octanol–water partition coefficient (Wildman–Crippen LogP) is 4.39. The Morgan fingerprint density at radius 2 is 1.12 bits per heavy atom. The molecule has 0 saturated heterocycles. The summed E-state index contributed by atoms with van der Waals surface area (Å²) in [6.07, 6.45) is 0. The first-order chi connectivity index (χ1) is 12.2. The topological polar surface area (TPSA) is 44.2 Å². The van der Waals surface area contributed by atoms with Crippen LogP contribution in [0.4, 0.5) is 0 Å². The van der Waals surface area contributed by atoms with E-state index in [9.17, 15) is 0 Å². The molecule has 5 heteroatoms. The van der Waals surface area contributed by atoms with Crippen LogP contribution in [0.25, 0.3) is 21.8 Å². The molecule has 4 nitrogen and oxygen atoms in total. The summed E-state index contributed by atoms with van der Waals surface area (Å²) in [5, 5.41) is 2.15. The van der Waals surface area contributed by atoms with Gasteiger partial charge in [0.25, 0.3) is 0 Å². The van der Waals surface area contributed by atoms with E-state index >= 15 is 0 Å². The van der Waals surface area contributed by atoms with E-state index in [2.05, 4.69) is 22.1 Å². The summed E-state index contributed by atoms with van der Waals surface area (Å²) in [5.74, 6) is 1.58. The SMILES string of the molecule is Cc1ccc2cccc([O][Sn][O]c3cccc4ccc(C)nc34)c2n1. The van der Waals surface area contributed by atoms with E-state index in [-0.39, 0.29) is 0 Å². The van der Waals surface area contributed by atoms with Crippen molar-refractivity contribution in [1.82, 2.24) is 9.97 Å². The molecule has 0 N–H and O–H groups in total. The fraction of sp³-hybridized carbons (Fsp3) is 0.100. The molecule has 0 aliphatic carbocycles. The van der Waals surface area contributed by atoms with Gasteiger partial charge in [0.2, 0.25) is 0 Å². The summed E-state index contributed by atoms with van der Waals surface area (Å²) in [5.41, 5.74) is 3.73. The molecule has 2 aromatic carbocycles. The summed E-state index contributed by atoms with van der Waals surface area (Å²) in [7, 11) is 0. The van der Waals surface area contributed by atoms with Gasteiger partial charge in [0.1, 0.15) is 0 Å². The zero-order valence-electron chi connectivity index (χ0n) is 14.0. The Labute approximate surface area is 157 Å². The normalized spacial score (nSPS) is 11.0. The standard InChI is InChI=1S/2C10H9NO.Sn/c2*1-7-5-6-8-3-2-4-9(12)10(8)11-7;/h2*2-6,12H,1H3;/q;;+2/p-2. The Kier molecular flexibility index (Phi) is 4.44. The number of hydrogen-bond acceptors (Lipinski definition) is 4. The van der Waals surface area contributed by atoms with E-state index in [1.54, 1.807) is 0 Å². The summed E-state index contributed by atoms with van der Waals surface area (Å²) in [6.45, 7) is 3.97. The fourth-order valence-electron chi connectivity index (χ4n) is 2.71. The molecule has 0 aliphatic heterocycles. The van der Waals surface area contributed by atoms with Crippen molar-refractivity contribution in [2.24, 2.45) is 0 Å². The summed E-state index contributed by atoms with van der Waals surface area (Å²) >= 11 is -1.57. The second kappa shape index (κ2) is 6.88. The minimum absolute atomic E-state index is 0.789. The van der Waals surface area contributed by atoms with Crippen LogP contribution in [0, 0.1) is 13.8 Å². The zero-order valence-corrected chi connectivity index (χ0v) is 16.8. The average molecular weight is 435 g/mol. The zero-order chi connectivity index (χ0) is 17.2. The number of benzene rings is 2. The van der Waals surface area contributed by atoms with Crippen molar-refractivity contribution < 1.29 is 6.15 Å². The van der Waals surface area contributed by atoms with Crippen LogP contribution in [-0.4, -0.2) is 31.9 Å². The Balaban J connectivity index is 1.57. The van der Waals surface area contributed by atoms with Crippen LogP contribution >= 0.6 is 0 Å². The average Bonchev–Trinajstić information content (AvgIpc) is 2.62. The molecule has 2 heterocycles. The van der Waals surface area contributed by atoms with Gasteiger partial charge < -0.3 is 0 Å². The number of aryl methyl sites for hydroxylation is 2. The van der Waals surface area contributed by atoms with Crippen molar-refractivity contribution in [3.8, 4) is 11.5 Å². The molecule has 4 aromatic rings. The van der Waals surface area contributed by atoms with Crippen LogP contribution < -0.4 is 6.15 Å². The van der Waals surface area contributed by atoms with Gasteiger partial charge in [-0.3, -0.25) is 0 Å². The first-order valence-electron chi connectivity index (χ1n) is 8.02. The van der Waals surface area contributed by atoms with Gasteiger partial charge in [0.15, 0.2) is 0 Å². The third kappa shape index (κ3) is 3.39. The van der Waals surface area contributed by atoms with E-state index in [4.69, 9.17) is 6.15 Å². The summed E-state index contributed by atoms with van der Waals surface area (Å²) in [4.78, 5) is 9.19. The molecule has 2 radical (unpaired) electrons. The molecule has 2 aromatic heterocycles. The molecular formula is C20H16N2O2Sn. The van der Waals surface area contributed by atoms with E-state index in [0.717, 1.165) is 44.7 Å². The van der Waals surface area contributed by atoms with E-state index < -0.39 is 22.0 Å². The van der Waals surface area contributed by atoms with Crippen molar-refractivity contribution in [3.63, 3.8) is 0 Å². The van der Waals surface area contributed by atoms with Gasteiger partial charge in [-0.25, -0.2) is 0 Å². The van der Waals surface area contributed by atoms with Crippen molar-refractivity contribution in [3.05, 3.63) is 72.1 Å². The molecule has 25 heavy (non-hydrogen) atoms. The van der Waals surface area contributed by atoms with Gasteiger partial charge >= 0.3 is 157 Å². The molecule has 0 bridgehead atoms. The quantitative estimate of drug-likeness (QED) is 0.447. The maximum atomic E-state index is 6.01. The number of pyridine rings is 2. The number of aromatic nitrogens is 2. The Hall–Kier alpha value is -2.34. The number of rotatable bonds is 4. The van der Waals surface area contributed by atoms with Crippen LogP contribution in [-0.2, 0) is 0 Å². The molecule has 0 aliphatic rings. The molecule has 0 spiro atoms. The van der Waals surface area contributed by atoms with Gasteiger partial charge in [-0.2, -0.15) is 0 Å². The number of nitrogens with zero attached hydrogens (tertiary/aromatic N) is 2. The van der Waals surface area contributed by atoms with Gasteiger partial charge in [-0.1, -0.05) is 0 Å². The number of hydrogen-bond donors (Lipinski definition) is 0. The fourth-order valence-corrected chi connectivity index (χ4v) is 4.28. The predicted molar refractivity (Wildman–Crippen MR) is 100.0 cm³/mol. The molecule has 4 rings (SSSR count). The van der Waals surface area contributed by atoms with E-state index in [1.807, 2.05) is 62.4 Å². The first kappa shape index (κ1) is 16.1. The second-order valence-corrected chi connectivity index (χ2v) is 7.49. The first-order valence-corrected chi connectivity index (χ1v) is 10.4. The molecule has 0 saturated carbocycles. The van der Waals surface area contributed by atoms with Crippen molar-refractivity contribution >= 4 is 43.8 Å². The van der Waals surface area contributed by atoms with Crippen molar-refractivity contribution in [2.45, 2.75) is 13.8 Å². The summed E-state index contributed by atoms with van der Waals surface area (Å²) < 4.78 is 12.0. The van der Waals surface area contributed by atoms with Crippen LogP contribution in [0.5, 0.6) is 11.5 Å². The molecule has 0 amide bonds.